The minimum Gasteiger partial charge on any atom is -0.334 e. The lowest BCUT2D eigenvalue weighted by Crippen LogP contribution is -2.31. The Balaban J connectivity index is 1.73. The van der Waals surface area contributed by atoms with Crippen LogP contribution in [0.5, 0.6) is 0 Å². The fourth-order valence-corrected chi connectivity index (χ4v) is 2.68. The van der Waals surface area contributed by atoms with Crippen LogP contribution in [0, 0.1) is 4.77 Å². The van der Waals surface area contributed by atoms with Gasteiger partial charge in [-0.2, -0.15) is 0 Å². The van der Waals surface area contributed by atoms with Crippen LogP contribution in [-0.4, -0.2) is 26.4 Å². The quantitative estimate of drug-likeness (QED) is 0.856. The highest BCUT2D eigenvalue weighted by atomic mass is 79.9. The highest BCUT2D eigenvalue weighted by molar-refractivity contribution is 9.10. The summed E-state index contributed by atoms with van der Waals surface area (Å²) in [7, 11) is 0. The molecular formula is C13H13BrN4S. The van der Waals surface area contributed by atoms with E-state index in [4.69, 9.17) is 12.2 Å². The number of aromatic amines is 1. The number of aromatic nitrogens is 3. The summed E-state index contributed by atoms with van der Waals surface area (Å²) in [6, 6.07) is 4.08. The van der Waals surface area contributed by atoms with Crippen molar-refractivity contribution >= 4 is 28.1 Å². The van der Waals surface area contributed by atoms with E-state index in [-0.39, 0.29) is 0 Å². The maximum absolute atomic E-state index is 5.05. The summed E-state index contributed by atoms with van der Waals surface area (Å²) in [5.41, 5.74) is 3.54. The van der Waals surface area contributed by atoms with Gasteiger partial charge in [0.15, 0.2) is 4.77 Å². The molecule has 2 aromatic heterocycles. The maximum Gasteiger partial charge on any atom is 0.196 e. The second kappa shape index (κ2) is 5.48. The zero-order chi connectivity index (χ0) is 13.2. The van der Waals surface area contributed by atoms with E-state index in [0.29, 0.717) is 4.77 Å². The number of nitrogens with zero attached hydrogens (tertiary/aromatic N) is 3. The van der Waals surface area contributed by atoms with Crippen LogP contribution < -0.4 is 0 Å². The van der Waals surface area contributed by atoms with Crippen LogP contribution in [0.2, 0.25) is 0 Å². The Bertz CT molecular complexity index is 638. The number of nitrogens with one attached hydrogen (secondary N) is 1. The van der Waals surface area contributed by atoms with E-state index in [9.17, 15) is 0 Å². The zero-order valence-corrected chi connectivity index (χ0v) is 12.7. The van der Waals surface area contributed by atoms with Gasteiger partial charge in [-0.3, -0.25) is 9.88 Å². The topological polar surface area (TPSA) is 44.8 Å². The Morgan fingerprint density at radius 1 is 1.32 bits per heavy atom. The van der Waals surface area contributed by atoms with Crippen molar-refractivity contribution in [3.05, 3.63) is 50.7 Å². The highest BCUT2D eigenvalue weighted by Crippen LogP contribution is 2.18. The van der Waals surface area contributed by atoms with Gasteiger partial charge in [0.1, 0.15) is 0 Å². The number of halogens is 1. The summed E-state index contributed by atoms with van der Waals surface area (Å²) in [4.78, 5) is 14.1. The normalized spacial score (nSPS) is 15.2. The molecule has 0 spiro atoms. The molecule has 3 rings (SSSR count). The van der Waals surface area contributed by atoms with Crippen molar-refractivity contribution in [3.8, 4) is 0 Å². The van der Waals surface area contributed by atoms with Crippen LogP contribution in [0.4, 0.5) is 0 Å². The highest BCUT2D eigenvalue weighted by Gasteiger charge is 2.17. The summed E-state index contributed by atoms with van der Waals surface area (Å²) in [6.07, 6.45) is 4.71. The molecule has 1 aliphatic rings. The second-order valence-corrected chi connectivity index (χ2v) is 5.92. The minimum absolute atomic E-state index is 0.571. The molecule has 0 saturated heterocycles. The molecule has 4 nitrogen and oxygen atoms in total. The third-order valence-corrected chi connectivity index (χ3v) is 3.91. The van der Waals surface area contributed by atoms with Gasteiger partial charge in [0.2, 0.25) is 0 Å². The maximum atomic E-state index is 5.05. The molecule has 6 heteroatoms. The molecular weight excluding hydrogens is 324 g/mol. The lowest BCUT2D eigenvalue weighted by molar-refractivity contribution is 0.240. The summed E-state index contributed by atoms with van der Waals surface area (Å²) in [5, 5.41) is 0. The van der Waals surface area contributed by atoms with Crippen LogP contribution in [0.25, 0.3) is 0 Å². The van der Waals surface area contributed by atoms with Crippen LogP contribution in [0.15, 0.2) is 29.0 Å². The van der Waals surface area contributed by atoms with E-state index in [0.717, 1.165) is 36.2 Å². The van der Waals surface area contributed by atoms with E-state index in [1.54, 1.807) is 0 Å². The third-order valence-electron chi connectivity index (χ3n) is 3.23. The first-order valence-corrected chi connectivity index (χ1v) is 7.31. The summed E-state index contributed by atoms with van der Waals surface area (Å²) < 4.78 is 1.58. The van der Waals surface area contributed by atoms with Crippen LogP contribution >= 0.6 is 28.1 Å². The molecule has 98 valence electrons. The molecule has 0 atom stereocenters. The Morgan fingerprint density at radius 2 is 2.21 bits per heavy atom. The van der Waals surface area contributed by atoms with Gasteiger partial charge < -0.3 is 4.98 Å². The van der Waals surface area contributed by atoms with Gasteiger partial charge in [-0.05, 0) is 40.3 Å². The SMILES string of the molecule is S=c1ncc2c([nH]1)CCN(Cc1ccc(Br)cn1)C2. The number of H-pyrrole nitrogens is 1. The minimum atomic E-state index is 0.571. The second-order valence-electron chi connectivity index (χ2n) is 4.62. The van der Waals surface area contributed by atoms with Crippen molar-refractivity contribution in [3.63, 3.8) is 0 Å². The Kier molecular flexibility index (Phi) is 3.72. The molecule has 0 aliphatic carbocycles. The zero-order valence-electron chi connectivity index (χ0n) is 10.3. The molecule has 0 amide bonds. The smallest absolute Gasteiger partial charge is 0.196 e. The monoisotopic (exact) mass is 336 g/mol. The van der Waals surface area contributed by atoms with Crippen molar-refractivity contribution in [1.29, 1.82) is 0 Å². The standard InChI is InChI=1S/C13H13BrN4S/c14-10-1-2-11(15-6-10)8-18-4-3-12-9(7-18)5-16-13(19)17-12/h1-2,5-6H,3-4,7-8H2,(H,16,17,19). The van der Waals surface area contributed by atoms with Gasteiger partial charge in [0.05, 0.1) is 5.69 Å². The van der Waals surface area contributed by atoms with E-state index in [1.165, 1.54) is 11.3 Å². The van der Waals surface area contributed by atoms with Gasteiger partial charge >= 0.3 is 0 Å². The van der Waals surface area contributed by atoms with Crippen molar-refractivity contribution in [1.82, 2.24) is 19.9 Å². The lowest BCUT2D eigenvalue weighted by Gasteiger charge is -2.27. The number of pyridine rings is 1. The fourth-order valence-electron chi connectivity index (χ4n) is 2.27. The van der Waals surface area contributed by atoms with Gasteiger partial charge in [-0.15, -0.1) is 0 Å². The third kappa shape index (κ3) is 3.08. The molecule has 1 N–H and O–H groups in total. The van der Waals surface area contributed by atoms with Crippen LogP contribution in [0.3, 0.4) is 0 Å². The summed E-state index contributed by atoms with van der Waals surface area (Å²) >= 11 is 8.45. The molecule has 2 aromatic rings. The molecule has 0 saturated carbocycles. The van der Waals surface area contributed by atoms with E-state index in [2.05, 4.69) is 41.8 Å². The van der Waals surface area contributed by atoms with Crippen molar-refractivity contribution < 1.29 is 0 Å². The largest absolute Gasteiger partial charge is 0.334 e. The average Bonchev–Trinajstić information content (AvgIpc) is 2.42. The van der Waals surface area contributed by atoms with Crippen molar-refractivity contribution in [2.75, 3.05) is 6.54 Å². The van der Waals surface area contributed by atoms with Gasteiger partial charge in [-0.25, -0.2) is 4.98 Å². The number of hydrogen-bond acceptors (Lipinski definition) is 4. The Labute approximate surface area is 125 Å². The first-order valence-electron chi connectivity index (χ1n) is 6.10. The lowest BCUT2D eigenvalue weighted by atomic mass is 10.1. The van der Waals surface area contributed by atoms with Crippen molar-refractivity contribution in [2.45, 2.75) is 19.5 Å². The molecule has 19 heavy (non-hydrogen) atoms. The van der Waals surface area contributed by atoms with E-state index < -0.39 is 0 Å². The molecule has 0 radical (unpaired) electrons. The summed E-state index contributed by atoms with van der Waals surface area (Å²) in [5.74, 6) is 0. The average molecular weight is 337 g/mol. The van der Waals surface area contributed by atoms with Gasteiger partial charge in [0, 0.05) is 54.2 Å². The molecule has 0 fully saturated rings. The van der Waals surface area contributed by atoms with E-state index in [1.807, 2.05) is 18.5 Å². The Hall–Kier alpha value is -1.11. The predicted octanol–water partition coefficient (Wildman–Crippen LogP) is 2.85. The first-order chi connectivity index (χ1) is 9.20. The van der Waals surface area contributed by atoms with Crippen molar-refractivity contribution in [2.24, 2.45) is 0 Å². The fraction of sp³-hybridized carbons (Fsp3) is 0.308. The molecule has 3 heterocycles. The number of rotatable bonds is 2. The van der Waals surface area contributed by atoms with E-state index >= 15 is 0 Å². The predicted molar refractivity (Wildman–Crippen MR) is 79.2 cm³/mol. The number of fused-ring (bicyclic) bond motifs is 1. The van der Waals surface area contributed by atoms with Crippen LogP contribution in [0.1, 0.15) is 17.0 Å². The molecule has 0 bridgehead atoms. The number of hydrogen-bond donors (Lipinski definition) is 1. The van der Waals surface area contributed by atoms with Crippen LogP contribution in [-0.2, 0) is 19.5 Å². The Morgan fingerprint density at radius 3 is 3.00 bits per heavy atom. The molecule has 0 unspecified atom stereocenters. The molecule has 0 aromatic carbocycles. The van der Waals surface area contributed by atoms with Gasteiger partial charge in [0.25, 0.3) is 0 Å². The summed E-state index contributed by atoms with van der Waals surface area (Å²) in [6.45, 7) is 2.77. The van der Waals surface area contributed by atoms with Gasteiger partial charge in [-0.1, -0.05) is 0 Å². The molecule has 1 aliphatic heterocycles. The first kappa shape index (κ1) is 12.9.